The molecule has 19 heavy (non-hydrogen) atoms. The highest BCUT2D eigenvalue weighted by Gasteiger charge is 2.05. The Morgan fingerprint density at radius 1 is 1.42 bits per heavy atom. The molecule has 0 saturated heterocycles. The van der Waals surface area contributed by atoms with Gasteiger partial charge in [0.05, 0.1) is 12.2 Å². The van der Waals surface area contributed by atoms with Gasteiger partial charge in [0, 0.05) is 24.0 Å². The lowest BCUT2D eigenvalue weighted by Gasteiger charge is -2.11. The number of amides is 1. The fourth-order valence-electron chi connectivity index (χ4n) is 2.00. The van der Waals surface area contributed by atoms with Crippen molar-refractivity contribution in [3.63, 3.8) is 0 Å². The molecule has 3 N–H and O–H groups in total. The number of aromatic nitrogens is 2. The van der Waals surface area contributed by atoms with Gasteiger partial charge in [-0.3, -0.25) is 9.48 Å². The van der Waals surface area contributed by atoms with Crippen LogP contribution in [0, 0.1) is 6.92 Å². The molecule has 5 nitrogen and oxygen atoms in total. The number of anilines is 1. The zero-order valence-corrected chi connectivity index (χ0v) is 11.2. The maximum Gasteiger partial charge on any atom is 0.248 e. The van der Waals surface area contributed by atoms with E-state index < -0.39 is 5.91 Å². The number of hydrogen-bond acceptors (Lipinski definition) is 3. The zero-order chi connectivity index (χ0) is 13.8. The second-order valence-electron chi connectivity index (χ2n) is 4.39. The van der Waals surface area contributed by atoms with Gasteiger partial charge in [0.1, 0.15) is 0 Å². The van der Waals surface area contributed by atoms with Crippen molar-refractivity contribution in [2.75, 3.05) is 5.32 Å². The van der Waals surface area contributed by atoms with Crippen molar-refractivity contribution in [3.8, 4) is 0 Å². The van der Waals surface area contributed by atoms with E-state index in [4.69, 9.17) is 5.73 Å². The van der Waals surface area contributed by atoms with Crippen LogP contribution < -0.4 is 11.1 Å². The molecule has 1 aromatic heterocycles. The Labute approximate surface area is 112 Å². The van der Waals surface area contributed by atoms with E-state index in [0.717, 1.165) is 23.5 Å². The topological polar surface area (TPSA) is 72.9 Å². The van der Waals surface area contributed by atoms with Gasteiger partial charge in [0.15, 0.2) is 0 Å². The Morgan fingerprint density at radius 2 is 2.21 bits per heavy atom. The summed E-state index contributed by atoms with van der Waals surface area (Å²) in [6.45, 7) is 5.56. The molecule has 0 bridgehead atoms. The number of rotatable bonds is 5. The molecule has 5 heteroatoms. The van der Waals surface area contributed by atoms with Crippen LogP contribution in [-0.2, 0) is 13.1 Å². The highest BCUT2D eigenvalue weighted by Crippen LogP contribution is 2.17. The normalized spacial score (nSPS) is 10.4. The molecule has 0 aliphatic carbocycles. The first-order chi connectivity index (χ1) is 9.11. The molecule has 100 valence electrons. The lowest BCUT2D eigenvalue weighted by molar-refractivity contribution is 0.1000. The van der Waals surface area contributed by atoms with Gasteiger partial charge in [-0.25, -0.2) is 0 Å². The third kappa shape index (κ3) is 2.93. The Kier molecular flexibility index (Phi) is 3.85. The van der Waals surface area contributed by atoms with E-state index in [1.54, 1.807) is 18.3 Å². The van der Waals surface area contributed by atoms with Gasteiger partial charge < -0.3 is 11.1 Å². The van der Waals surface area contributed by atoms with Gasteiger partial charge in [-0.2, -0.15) is 5.10 Å². The van der Waals surface area contributed by atoms with Crippen LogP contribution in [0.1, 0.15) is 28.5 Å². The third-order valence-electron chi connectivity index (χ3n) is 3.07. The molecule has 0 unspecified atom stereocenters. The molecule has 1 heterocycles. The van der Waals surface area contributed by atoms with E-state index in [0.29, 0.717) is 12.1 Å². The summed E-state index contributed by atoms with van der Waals surface area (Å²) in [5, 5.41) is 7.57. The fraction of sp³-hybridized carbons (Fsp3) is 0.286. The predicted molar refractivity (Wildman–Crippen MR) is 74.9 cm³/mol. The molecule has 2 rings (SSSR count). The Morgan fingerprint density at radius 3 is 2.84 bits per heavy atom. The summed E-state index contributed by atoms with van der Waals surface area (Å²) in [4.78, 5) is 11.1. The molecule has 0 atom stereocenters. The standard InChI is InChI=1S/C14H18N4O/c1-3-18-12(6-7-17-18)9-16-13-5-4-11(14(15)19)8-10(13)2/h4-8,16H,3,9H2,1-2H3,(H2,15,19). The summed E-state index contributed by atoms with van der Waals surface area (Å²) < 4.78 is 1.94. The quantitative estimate of drug-likeness (QED) is 0.860. The SMILES string of the molecule is CCn1nccc1CNc1ccc(C(N)=O)cc1C. The molecule has 0 aliphatic heterocycles. The molecule has 1 amide bonds. The first-order valence-corrected chi connectivity index (χ1v) is 6.27. The lowest BCUT2D eigenvalue weighted by Crippen LogP contribution is -2.12. The van der Waals surface area contributed by atoms with Crippen LogP contribution in [0.15, 0.2) is 30.5 Å². The predicted octanol–water partition coefficient (Wildman–Crippen LogP) is 1.92. The van der Waals surface area contributed by atoms with Crippen molar-refractivity contribution < 1.29 is 4.79 Å². The monoisotopic (exact) mass is 258 g/mol. The summed E-state index contributed by atoms with van der Waals surface area (Å²) in [6, 6.07) is 7.39. The highest BCUT2D eigenvalue weighted by atomic mass is 16.1. The number of aryl methyl sites for hydroxylation is 2. The summed E-state index contributed by atoms with van der Waals surface area (Å²) in [6.07, 6.45) is 1.80. The number of carbonyl (C=O) groups is 1. The van der Waals surface area contributed by atoms with Gasteiger partial charge >= 0.3 is 0 Å². The molecule has 1 aromatic carbocycles. The molecule has 2 aromatic rings. The molecule has 0 aliphatic rings. The summed E-state index contributed by atoms with van der Waals surface area (Å²) in [7, 11) is 0. The number of hydrogen-bond donors (Lipinski definition) is 2. The number of benzene rings is 1. The van der Waals surface area contributed by atoms with Gasteiger partial charge in [0.25, 0.3) is 0 Å². The number of primary amides is 1. The maximum atomic E-state index is 11.1. The lowest BCUT2D eigenvalue weighted by atomic mass is 10.1. The number of nitrogens with zero attached hydrogens (tertiary/aromatic N) is 2. The van der Waals surface area contributed by atoms with E-state index >= 15 is 0 Å². The van der Waals surface area contributed by atoms with Gasteiger partial charge in [-0.05, 0) is 43.7 Å². The van der Waals surface area contributed by atoms with Crippen LogP contribution in [0.25, 0.3) is 0 Å². The van der Waals surface area contributed by atoms with E-state index in [1.165, 1.54) is 0 Å². The van der Waals surface area contributed by atoms with Crippen molar-refractivity contribution in [1.29, 1.82) is 0 Å². The van der Waals surface area contributed by atoms with Crippen LogP contribution in [0.3, 0.4) is 0 Å². The highest BCUT2D eigenvalue weighted by molar-refractivity contribution is 5.93. The average molecular weight is 258 g/mol. The largest absolute Gasteiger partial charge is 0.379 e. The molecule has 0 spiro atoms. The van der Waals surface area contributed by atoms with E-state index in [1.807, 2.05) is 23.7 Å². The van der Waals surface area contributed by atoms with E-state index in [9.17, 15) is 4.79 Å². The van der Waals surface area contributed by atoms with Crippen molar-refractivity contribution in [3.05, 3.63) is 47.3 Å². The minimum atomic E-state index is -0.404. The van der Waals surface area contributed by atoms with Crippen molar-refractivity contribution in [1.82, 2.24) is 9.78 Å². The number of carbonyl (C=O) groups excluding carboxylic acids is 1. The number of nitrogens with two attached hydrogens (primary N) is 1. The maximum absolute atomic E-state index is 11.1. The minimum absolute atomic E-state index is 0.404. The number of nitrogens with one attached hydrogen (secondary N) is 1. The Hall–Kier alpha value is -2.30. The first kappa shape index (κ1) is 13.1. The molecular formula is C14H18N4O. The fourth-order valence-corrected chi connectivity index (χ4v) is 2.00. The molecule has 0 saturated carbocycles. The van der Waals surface area contributed by atoms with Crippen molar-refractivity contribution in [2.45, 2.75) is 26.9 Å². The van der Waals surface area contributed by atoms with Crippen LogP contribution in [0.4, 0.5) is 5.69 Å². The second-order valence-corrected chi connectivity index (χ2v) is 4.39. The Balaban J connectivity index is 2.10. The summed E-state index contributed by atoms with van der Waals surface area (Å²) in [5.74, 6) is -0.404. The van der Waals surface area contributed by atoms with Gasteiger partial charge in [0.2, 0.25) is 5.91 Å². The minimum Gasteiger partial charge on any atom is -0.379 e. The van der Waals surface area contributed by atoms with Crippen LogP contribution in [0.2, 0.25) is 0 Å². The zero-order valence-electron chi connectivity index (χ0n) is 11.2. The van der Waals surface area contributed by atoms with Crippen LogP contribution in [0.5, 0.6) is 0 Å². The molecule has 0 radical (unpaired) electrons. The smallest absolute Gasteiger partial charge is 0.248 e. The molecule has 0 fully saturated rings. The third-order valence-corrected chi connectivity index (χ3v) is 3.07. The van der Waals surface area contributed by atoms with Crippen LogP contribution in [-0.4, -0.2) is 15.7 Å². The average Bonchev–Trinajstić information content (AvgIpc) is 2.84. The first-order valence-electron chi connectivity index (χ1n) is 6.27. The van der Waals surface area contributed by atoms with E-state index in [-0.39, 0.29) is 0 Å². The van der Waals surface area contributed by atoms with E-state index in [2.05, 4.69) is 17.3 Å². The van der Waals surface area contributed by atoms with Gasteiger partial charge in [-0.15, -0.1) is 0 Å². The second kappa shape index (κ2) is 5.56. The van der Waals surface area contributed by atoms with Crippen molar-refractivity contribution >= 4 is 11.6 Å². The van der Waals surface area contributed by atoms with Crippen molar-refractivity contribution in [2.24, 2.45) is 5.73 Å². The summed E-state index contributed by atoms with van der Waals surface area (Å²) >= 11 is 0. The summed E-state index contributed by atoms with van der Waals surface area (Å²) in [5.41, 5.74) is 8.90. The van der Waals surface area contributed by atoms with Crippen LogP contribution >= 0.6 is 0 Å². The van der Waals surface area contributed by atoms with Gasteiger partial charge in [-0.1, -0.05) is 0 Å². The Bertz CT molecular complexity index is 589. The molecular weight excluding hydrogens is 240 g/mol.